The van der Waals surface area contributed by atoms with Crippen LogP contribution < -0.4 is 5.32 Å². The third-order valence-electron chi connectivity index (χ3n) is 4.39. The van der Waals surface area contributed by atoms with Crippen LogP contribution in [0, 0.1) is 0 Å². The van der Waals surface area contributed by atoms with Crippen molar-refractivity contribution in [3.8, 4) is 0 Å². The van der Waals surface area contributed by atoms with Crippen LogP contribution in [0.15, 0.2) is 105 Å². The maximum atomic E-state index is 13.2. The van der Waals surface area contributed by atoms with E-state index in [-0.39, 0.29) is 18.4 Å². The number of anilines is 1. The van der Waals surface area contributed by atoms with Crippen LogP contribution in [0.25, 0.3) is 0 Å². The Bertz CT molecular complexity index is 1070. The lowest BCUT2D eigenvalue weighted by Crippen LogP contribution is -2.31. The Hall–Kier alpha value is -2.83. The molecule has 0 saturated carbocycles. The van der Waals surface area contributed by atoms with Gasteiger partial charge in [0.1, 0.15) is 10.6 Å². The summed E-state index contributed by atoms with van der Waals surface area (Å²) in [4.78, 5) is 28.9. The first-order chi connectivity index (χ1) is 14.1. The molecule has 0 radical (unpaired) electrons. The summed E-state index contributed by atoms with van der Waals surface area (Å²) in [6.45, 7) is 0.239. The van der Waals surface area contributed by atoms with Crippen LogP contribution in [0.3, 0.4) is 0 Å². The van der Waals surface area contributed by atoms with Gasteiger partial charge >= 0.3 is 0 Å². The van der Waals surface area contributed by atoms with Gasteiger partial charge in [0.15, 0.2) is 0 Å². The van der Waals surface area contributed by atoms with E-state index in [1.165, 1.54) is 16.7 Å². The molecule has 0 atom stereocenters. The number of carbonyl (C=O) groups is 2. The van der Waals surface area contributed by atoms with Gasteiger partial charge in [-0.25, -0.2) is 0 Å². The highest BCUT2D eigenvalue weighted by atomic mass is 79.9. The average molecular weight is 465 g/mol. The topological polar surface area (TPSA) is 49.4 Å². The van der Waals surface area contributed by atoms with E-state index < -0.39 is 0 Å². The second-order valence-electron chi connectivity index (χ2n) is 6.43. The summed E-state index contributed by atoms with van der Waals surface area (Å²) in [6.07, 6.45) is 0. The molecule has 1 aliphatic heterocycles. The minimum atomic E-state index is -0.319. The highest BCUT2D eigenvalue weighted by Gasteiger charge is 2.39. The van der Waals surface area contributed by atoms with Crippen molar-refractivity contribution in [2.75, 3.05) is 5.32 Å². The van der Waals surface area contributed by atoms with Crippen molar-refractivity contribution in [2.45, 2.75) is 11.4 Å². The molecule has 6 heteroatoms. The number of nitrogens with zero attached hydrogens (tertiary/aromatic N) is 1. The largest absolute Gasteiger partial charge is 0.350 e. The summed E-state index contributed by atoms with van der Waals surface area (Å²) in [5, 5.41) is 3.16. The van der Waals surface area contributed by atoms with E-state index in [4.69, 9.17) is 0 Å². The van der Waals surface area contributed by atoms with Crippen molar-refractivity contribution < 1.29 is 9.59 Å². The number of benzene rings is 3. The summed E-state index contributed by atoms with van der Waals surface area (Å²) in [6, 6.07) is 26.6. The van der Waals surface area contributed by atoms with Crippen molar-refractivity contribution in [1.29, 1.82) is 0 Å². The Balaban J connectivity index is 1.67. The third kappa shape index (κ3) is 4.44. The quantitative estimate of drug-likeness (QED) is 0.493. The highest BCUT2D eigenvalue weighted by molar-refractivity contribution is 9.10. The van der Waals surface area contributed by atoms with Gasteiger partial charge in [0.25, 0.3) is 11.8 Å². The lowest BCUT2D eigenvalue weighted by atomic mass is 10.2. The molecular formula is C23H17BrN2O2S. The molecule has 4 nitrogen and oxygen atoms in total. The molecule has 0 fully saturated rings. The fourth-order valence-electron chi connectivity index (χ4n) is 2.95. The predicted molar refractivity (Wildman–Crippen MR) is 119 cm³/mol. The van der Waals surface area contributed by atoms with E-state index in [0.29, 0.717) is 10.6 Å². The summed E-state index contributed by atoms with van der Waals surface area (Å²) < 4.78 is 0.940. The molecular weight excluding hydrogens is 448 g/mol. The molecule has 0 bridgehead atoms. The Morgan fingerprint density at radius 2 is 1.41 bits per heavy atom. The second kappa shape index (κ2) is 8.68. The first-order valence-electron chi connectivity index (χ1n) is 9.02. The van der Waals surface area contributed by atoms with E-state index in [1.54, 1.807) is 0 Å². The molecule has 0 saturated heterocycles. The van der Waals surface area contributed by atoms with Crippen LogP contribution in [0.4, 0.5) is 5.69 Å². The highest BCUT2D eigenvalue weighted by Crippen LogP contribution is 2.36. The Morgan fingerprint density at radius 3 is 2.07 bits per heavy atom. The van der Waals surface area contributed by atoms with Crippen LogP contribution in [-0.2, 0) is 16.1 Å². The van der Waals surface area contributed by atoms with Gasteiger partial charge in [-0.05, 0) is 42.0 Å². The maximum absolute atomic E-state index is 13.2. The summed E-state index contributed by atoms with van der Waals surface area (Å²) >= 11 is 4.71. The number of hydrogen-bond acceptors (Lipinski definition) is 4. The van der Waals surface area contributed by atoms with Crippen molar-refractivity contribution in [2.24, 2.45) is 0 Å². The number of halogens is 1. The lowest BCUT2D eigenvalue weighted by molar-refractivity contribution is -0.137. The van der Waals surface area contributed by atoms with Crippen LogP contribution in [-0.4, -0.2) is 16.7 Å². The smallest absolute Gasteiger partial charge is 0.278 e. The first-order valence-corrected chi connectivity index (χ1v) is 10.6. The van der Waals surface area contributed by atoms with Crippen LogP contribution >= 0.6 is 27.7 Å². The number of rotatable bonds is 6. The lowest BCUT2D eigenvalue weighted by Gasteiger charge is -2.15. The van der Waals surface area contributed by atoms with Gasteiger partial charge in [-0.15, -0.1) is 0 Å². The number of imide groups is 1. The maximum Gasteiger partial charge on any atom is 0.278 e. The van der Waals surface area contributed by atoms with Gasteiger partial charge in [-0.2, -0.15) is 0 Å². The average Bonchev–Trinajstić information content (AvgIpc) is 2.96. The number of amides is 2. The van der Waals surface area contributed by atoms with Crippen LogP contribution in [0.5, 0.6) is 0 Å². The van der Waals surface area contributed by atoms with Crippen molar-refractivity contribution in [3.63, 3.8) is 0 Å². The monoisotopic (exact) mass is 464 g/mol. The molecule has 0 spiro atoms. The van der Waals surface area contributed by atoms with Crippen LogP contribution in [0.1, 0.15) is 5.56 Å². The van der Waals surface area contributed by atoms with Gasteiger partial charge in [0, 0.05) is 15.1 Å². The molecule has 4 rings (SSSR count). The number of thioether (sulfide) groups is 1. The van der Waals surface area contributed by atoms with Gasteiger partial charge in [-0.3, -0.25) is 14.5 Å². The molecule has 144 valence electrons. The Kier molecular flexibility index (Phi) is 5.83. The zero-order valence-corrected chi connectivity index (χ0v) is 17.7. The minimum Gasteiger partial charge on any atom is -0.350 e. The summed E-state index contributed by atoms with van der Waals surface area (Å²) in [5.74, 6) is -0.604. The standard InChI is InChI=1S/C23H17BrN2O2S/c24-17-11-13-18(14-12-17)25-20-21(29-19-9-5-2-6-10-19)23(28)26(22(20)27)15-16-7-3-1-4-8-16/h1-14,25H,15H2. The van der Waals surface area contributed by atoms with Crippen LogP contribution in [0.2, 0.25) is 0 Å². The Morgan fingerprint density at radius 1 is 0.793 bits per heavy atom. The van der Waals surface area contributed by atoms with Crippen molar-refractivity contribution >= 4 is 45.2 Å². The zero-order chi connectivity index (χ0) is 20.2. The molecule has 3 aromatic rings. The predicted octanol–water partition coefficient (Wildman–Crippen LogP) is 5.43. The molecule has 1 aliphatic rings. The minimum absolute atomic E-state index is 0.239. The normalized spacial score (nSPS) is 13.9. The SMILES string of the molecule is O=C1C(Nc2ccc(Br)cc2)=C(Sc2ccccc2)C(=O)N1Cc1ccccc1. The Labute approximate surface area is 181 Å². The van der Waals surface area contributed by atoms with E-state index in [9.17, 15) is 9.59 Å². The molecule has 0 unspecified atom stereocenters. The van der Waals surface area contributed by atoms with Gasteiger partial charge in [0.2, 0.25) is 0 Å². The van der Waals surface area contributed by atoms with E-state index in [0.717, 1.165) is 20.6 Å². The fourth-order valence-corrected chi connectivity index (χ4v) is 4.18. The molecule has 29 heavy (non-hydrogen) atoms. The number of hydrogen-bond donors (Lipinski definition) is 1. The zero-order valence-electron chi connectivity index (χ0n) is 15.3. The molecule has 2 amide bonds. The molecule has 0 aromatic heterocycles. The first kappa shape index (κ1) is 19.5. The number of nitrogens with one attached hydrogen (secondary N) is 1. The van der Waals surface area contributed by atoms with E-state index in [2.05, 4.69) is 21.2 Å². The summed E-state index contributed by atoms with van der Waals surface area (Å²) in [7, 11) is 0. The van der Waals surface area contributed by atoms with E-state index in [1.807, 2.05) is 84.9 Å². The van der Waals surface area contributed by atoms with Crippen molar-refractivity contribution in [3.05, 3.63) is 106 Å². The molecule has 3 aromatic carbocycles. The molecule has 1 N–H and O–H groups in total. The van der Waals surface area contributed by atoms with E-state index >= 15 is 0 Å². The van der Waals surface area contributed by atoms with Gasteiger partial charge in [0.05, 0.1) is 6.54 Å². The molecule has 0 aliphatic carbocycles. The fraction of sp³-hybridized carbons (Fsp3) is 0.0435. The van der Waals surface area contributed by atoms with Crippen molar-refractivity contribution in [1.82, 2.24) is 4.90 Å². The second-order valence-corrected chi connectivity index (χ2v) is 8.43. The molecule has 1 heterocycles. The summed E-state index contributed by atoms with van der Waals surface area (Å²) in [5.41, 5.74) is 1.96. The van der Waals surface area contributed by atoms with Gasteiger partial charge < -0.3 is 5.32 Å². The van der Waals surface area contributed by atoms with Gasteiger partial charge in [-0.1, -0.05) is 76.2 Å². The number of carbonyl (C=O) groups excluding carboxylic acids is 2. The third-order valence-corrected chi connectivity index (χ3v) is 6.01.